The van der Waals surface area contributed by atoms with E-state index in [1.54, 1.807) is 12.1 Å². The third-order valence-corrected chi connectivity index (χ3v) is 1.68. The first-order valence-corrected chi connectivity index (χ1v) is 5.97. The van der Waals surface area contributed by atoms with Gasteiger partial charge in [-0.05, 0) is 18.6 Å². The molecule has 1 aromatic rings. The second-order valence-corrected chi connectivity index (χ2v) is 2.86. The van der Waals surface area contributed by atoms with Gasteiger partial charge in [-0.3, -0.25) is 4.79 Å². The Labute approximate surface area is 153 Å². The summed E-state index contributed by atoms with van der Waals surface area (Å²) in [5, 5.41) is 11.1. The molecule has 0 radical (unpaired) electrons. The standard InChI is InChI=1S/C10H12O3.2C2H6.K/c1-7(11)5-8-3-4-9(12)10(6-8)13-2;2*1-2;/h3-4,6,12H,5H2,1-2H3;2*1-2H3;/q;;;+1/p-1. The summed E-state index contributed by atoms with van der Waals surface area (Å²) < 4.78 is 4.84. The third kappa shape index (κ3) is 10.1. The molecule has 0 atom stereocenters. The molecule has 0 saturated carbocycles. The van der Waals surface area contributed by atoms with Crippen LogP contribution in [-0.2, 0) is 11.2 Å². The van der Waals surface area contributed by atoms with Crippen LogP contribution in [0.25, 0.3) is 0 Å². The van der Waals surface area contributed by atoms with Gasteiger partial charge in [-0.1, -0.05) is 45.6 Å². The second-order valence-electron chi connectivity index (χ2n) is 2.86. The van der Waals surface area contributed by atoms with E-state index in [2.05, 4.69) is 0 Å². The van der Waals surface area contributed by atoms with E-state index in [9.17, 15) is 9.90 Å². The zero-order valence-electron chi connectivity index (χ0n) is 12.7. The van der Waals surface area contributed by atoms with Crippen molar-refractivity contribution < 1.29 is 66.0 Å². The molecule has 0 unspecified atom stereocenters. The molecule has 0 aliphatic heterocycles. The topological polar surface area (TPSA) is 49.4 Å². The maximum Gasteiger partial charge on any atom is 1.00 e. The van der Waals surface area contributed by atoms with Crippen molar-refractivity contribution in [3.8, 4) is 11.5 Å². The van der Waals surface area contributed by atoms with Gasteiger partial charge in [-0.25, -0.2) is 0 Å². The number of ketones is 1. The molecule has 0 bridgehead atoms. The molecule has 0 aliphatic rings. The van der Waals surface area contributed by atoms with Crippen molar-refractivity contribution in [2.24, 2.45) is 0 Å². The first kappa shape index (κ1) is 23.2. The molecule has 98 valence electrons. The SMILES string of the molecule is CC.CC.COc1cc(CC(C)=O)ccc1[O-].[K+]. The van der Waals surface area contributed by atoms with Gasteiger partial charge in [0.05, 0.1) is 7.11 Å². The molecule has 0 heterocycles. The van der Waals surface area contributed by atoms with Crippen LogP contribution < -0.4 is 61.2 Å². The number of carbonyl (C=O) groups excluding carboxylic acids is 1. The van der Waals surface area contributed by atoms with E-state index in [1.807, 2.05) is 27.7 Å². The van der Waals surface area contributed by atoms with E-state index in [-0.39, 0.29) is 62.9 Å². The quantitative estimate of drug-likeness (QED) is 0.729. The Hall–Kier alpha value is 0.126. The van der Waals surface area contributed by atoms with Crippen LogP contribution >= 0.6 is 0 Å². The summed E-state index contributed by atoms with van der Waals surface area (Å²) in [7, 11) is 1.44. The van der Waals surface area contributed by atoms with E-state index in [0.29, 0.717) is 12.2 Å². The Morgan fingerprint density at radius 2 is 1.72 bits per heavy atom. The van der Waals surface area contributed by atoms with Gasteiger partial charge in [-0.15, -0.1) is 0 Å². The van der Waals surface area contributed by atoms with Gasteiger partial charge < -0.3 is 9.84 Å². The van der Waals surface area contributed by atoms with Crippen molar-refractivity contribution in [3.05, 3.63) is 23.8 Å². The summed E-state index contributed by atoms with van der Waals surface area (Å²) >= 11 is 0. The Morgan fingerprint density at radius 1 is 1.22 bits per heavy atom. The molecule has 0 aliphatic carbocycles. The minimum atomic E-state index is -0.158. The predicted octanol–water partition coefficient (Wildman–Crippen LogP) is -0.0433. The fraction of sp³-hybridized carbons (Fsp3) is 0.500. The van der Waals surface area contributed by atoms with Crippen LogP contribution in [0.1, 0.15) is 40.2 Å². The van der Waals surface area contributed by atoms with E-state index in [0.717, 1.165) is 5.56 Å². The second kappa shape index (κ2) is 15.2. The van der Waals surface area contributed by atoms with Crippen molar-refractivity contribution in [1.82, 2.24) is 0 Å². The van der Waals surface area contributed by atoms with E-state index >= 15 is 0 Å². The van der Waals surface area contributed by atoms with Crippen LogP contribution in [0.4, 0.5) is 0 Å². The first-order chi connectivity index (χ1) is 8.13. The molecular weight excluding hydrogens is 255 g/mol. The summed E-state index contributed by atoms with van der Waals surface area (Å²) in [6, 6.07) is 4.66. The molecule has 18 heavy (non-hydrogen) atoms. The Bertz CT molecular complexity index is 325. The average Bonchev–Trinajstić information content (AvgIpc) is 2.36. The molecule has 3 nitrogen and oxygen atoms in total. The van der Waals surface area contributed by atoms with Crippen molar-refractivity contribution in [2.75, 3.05) is 7.11 Å². The van der Waals surface area contributed by atoms with Gasteiger partial charge >= 0.3 is 51.4 Å². The molecule has 0 aromatic heterocycles. The van der Waals surface area contributed by atoms with E-state index in [4.69, 9.17) is 4.74 Å². The Balaban J connectivity index is -0.000000409. The third-order valence-electron chi connectivity index (χ3n) is 1.68. The zero-order chi connectivity index (χ0) is 13.8. The number of hydrogen-bond acceptors (Lipinski definition) is 3. The average molecular weight is 278 g/mol. The van der Waals surface area contributed by atoms with Gasteiger partial charge in [0.2, 0.25) is 0 Å². The van der Waals surface area contributed by atoms with Crippen LogP contribution in [-0.4, -0.2) is 12.9 Å². The smallest absolute Gasteiger partial charge is 0.870 e. The van der Waals surface area contributed by atoms with Crippen molar-refractivity contribution in [3.63, 3.8) is 0 Å². The maximum absolute atomic E-state index is 11.1. The molecule has 4 heteroatoms. The normalized spacial score (nSPS) is 7.67. The van der Waals surface area contributed by atoms with Crippen LogP contribution in [0.2, 0.25) is 0 Å². The van der Waals surface area contributed by atoms with Gasteiger partial charge in [0.25, 0.3) is 0 Å². The summed E-state index contributed by atoms with van der Waals surface area (Å²) in [6.45, 7) is 9.51. The minimum absolute atomic E-state index is 0. The molecule has 0 N–H and O–H groups in total. The van der Waals surface area contributed by atoms with Gasteiger partial charge in [-0.2, -0.15) is 0 Å². The molecule has 0 fully saturated rings. The number of methoxy groups -OCH3 is 1. The maximum atomic E-state index is 11.1. The first-order valence-electron chi connectivity index (χ1n) is 5.97. The minimum Gasteiger partial charge on any atom is -0.870 e. The van der Waals surface area contributed by atoms with E-state index in [1.165, 1.54) is 20.1 Å². The van der Waals surface area contributed by atoms with Crippen LogP contribution in [0, 0.1) is 0 Å². The van der Waals surface area contributed by atoms with Crippen molar-refractivity contribution in [2.45, 2.75) is 41.0 Å². The van der Waals surface area contributed by atoms with E-state index < -0.39 is 0 Å². The Kier molecular flexibility index (Phi) is 19.6. The summed E-state index contributed by atoms with van der Waals surface area (Å²) in [4.78, 5) is 10.8. The molecule has 0 spiro atoms. The largest absolute Gasteiger partial charge is 1.00 e. The van der Waals surface area contributed by atoms with Crippen molar-refractivity contribution in [1.29, 1.82) is 0 Å². The molecule has 1 rings (SSSR count). The van der Waals surface area contributed by atoms with Gasteiger partial charge in [0, 0.05) is 6.42 Å². The predicted molar refractivity (Wildman–Crippen MR) is 69.5 cm³/mol. The number of rotatable bonds is 3. The summed E-state index contributed by atoms with van der Waals surface area (Å²) in [5.41, 5.74) is 0.809. The van der Waals surface area contributed by atoms with Gasteiger partial charge in [0.1, 0.15) is 11.5 Å². The fourth-order valence-corrected chi connectivity index (χ4v) is 1.11. The number of benzene rings is 1. The Morgan fingerprint density at radius 3 is 2.11 bits per heavy atom. The summed E-state index contributed by atoms with van der Waals surface area (Å²) in [6.07, 6.45) is 0.344. The molecular formula is C14H23KO3. The number of Topliss-reactive ketones (excluding diaryl/α,β-unsaturated/α-hetero) is 1. The monoisotopic (exact) mass is 278 g/mol. The van der Waals surface area contributed by atoms with Crippen LogP contribution in [0.15, 0.2) is 18.2 Å². The molecule has 0 saturated heterocycles. The number of hydrogen-bond donors (Lipinski definition) is 0. The van der Waals surface area contributed by atoms with Gasteiger partial charge in [0.15, 0.2) is 0 Å². The summed E-state index contributed by atoms with van der Waals surface area (Å²) in [5.74, 6) is 0.203. The van der Waals surface area contributed by atoms with Crippen LogP contribution in [0.5, 0.6) is 11.5 Å². The van der Waals surface area contributed by atoms with Crippen LogP contribution in [0.3, 0.4) is 0 Å². The fourth-order valence-electron chi connectivity index (χ4n) is 1.11. The molecule has 1 aromatic carbocycles. The zero-order valence-corrected chi connectivity index (χ0v) is 15.8. The van der Waals surface area contributed by atoms with Crippen molar-refractivity contribution >= 4 is 5.78 Å². The number of ether oxygens (including phenoxy) is 1. The number of carbonyl (C=O) groups is 1. The molecule has 0 amide bonds.